The monoisotopic (exact) mass is 982 g/mol. The zero-order chi connectivity index (χ0) is 47.8. The fraction of sp³-hybridized carbons (Fsp3) is 0.541. The number of rotatable bonds is 16. The van der Waals surface area contributed by atoms with Crippen molar-refractivity contribution in [1.82, 2.24) is 4.98 Å². The number of ketones is 1. The number of thiazole rings is 1. The number of Topliss-reactive ketones (excluding diaryl/α,β-unsaturated/α-hetero) is 1. The standard InChI is InChI=1S/C26H31N3O3S.C18H26O2.C11H16.C2H6.4CH4/c1-17(28-29(3)26-27-23-7-5-6-8-25(23)33-26)22-15-21(13-14-24(22)31-4)32-16-19-9-11-20(12-10-19)18(2)30;1-3-5-15-8-12-17(13-9-15)20-18(19)16-10-6-14(4-2)7-11-16;1-3-5-11-8-6-10(4-2)7-9-11;1-2;;;;/h5-8,13-15,19-20H,9-12,16H2,1-4H3;8-9,12-14,16H,3-7,10-11H2,1-2H3;6-9H,3-5H2,1-2H3;1-2H3;4*1H4/b28-17+;;;;;;;. The van der Waals surface area contributed by atoms with E-state index < -0.39 is 0 Å². The second-order valence-electron chi connectivity index (χ2n) is 17.5. The van der Waals surface area contributed by atoms with Gasteiger partial charge in [-0.25, -0.2) is 9.99 Å². The first-order chi connectivity index (χ1) is 32.0. The predicted molar refractivity (Wildman–Crippen MR) is 305 cm³/mol. The van der Waals surface area contributed by atoms with Crippen LogP contribution in [-0.2, 0) is 28.9 Å². The molecule has 70 heavy (non-hydrogen) atoms. The van der Waals surface area contributed by atoms with Crippen molar-refractivity contribution < 1.29 is 23.8 Å². The number of aromatic nitrogens is 1. The van der Waals surface area contributed by atoms with E-state index in [-0.39, 0.29) is 47.5 Å². The van der Waals surface area contributed by atoms with Crippen molar-refractivity contribution in [1.29, 1.82) is 0 Å². The molecule has 0 N–H and O–H groups in total. The Kier molecular flexibility index (Phi) is 32.6. The van der Waals surface area contributed by atoms with E-state index in [0.29, 0.717) is 24.1 Å². The minimum absolute atomic E-state index is 0. The minimum Gasteiger partial charge on any atom is -0.496 e. The third-order valence-electron chi connectivity index (χ3n) is 12.7. The Balaban J connectivity index is 0.00000110. The minimum atomic E-state index is -0.0391. The number of anilines is 1. The molecule has 7 rings (SSSR count). The number of methoxy groups -OCH3 is 1. The van der Waals surface area contributed by atoms with Gasteiger partial charge < -0.3 is 14.2 Å². The van der Waals surface area contributed by atoms with Crippen LogP contribution < -0.4 is 19.2 Å². The molecule has 0 atom stereocenters. The number of hydrogen-bond donors (Lipinski definition) is 0. The van der Waals surface area contributed by atoms with Gasteiger partial charge in [-0.1, -0.05) is 150 Å². The van der Waals surface area contributed by atoms with Gasteiger partial charge in [-0.15, -0.1) is 0 Å². The molecule has 0 aliphatic heterocycles. The zero-order valence-electron chi connectivity index (χ0n) is 41.9. The number of esters is 1. The van der Waals surface area contributed by atoms with Crippen molar-refractivity contribution in [3.63, 3.8) is 0 Å². The molecule has 0 unspecified atom stereocenters. The van der Waals surface area contributed by atoms with Gasteiger partial charge in [-0.2, -0.15) is 5.10 Å². The lowest BCUT2D eigenvalue weighted by molar-refractivity contribution is -0.140. The number of para-hydroxylation sites is 1. The maximum Gasteiger partial charge on any atom is 0.314 e. The van der Waals surface area contributed by atoms with Gasteiger partial charge in [0.05, 0.1) is 35.6 Å². The highest BCUT2D eigenvalue weighted by atomic mass is 32.1. The first kappa shape index (κ1) is 65.0. The van der Waals surface area contributed by atoms with E-state index in [9.17, 15) is 9.59 Å². The van der Waals surface area contributed by atoms with Crippen LogP contribution in [-0.4, -0.2) is 43.2 Å². The molecule has 9 heteroatoms. The molecule has 0 amide bonds. The van der Waals surface area contributed by atoms with Crippen molar-refractivity contribution >= 4 is 44.1 Å². The first-order valence-electron chi connectivity index (χ1n) is 24.9. The number of ether oxygens (including phenoxy) is 3. The number of hydrazone groups is 1. The van der Waals surface area contributed by atoms with Gasteiger partial charge in [0, 0.05) is 18.5 Å². The summed E-state index contributed by atoms with van der Waals surface area (Å²) in [6.07, 6.45) is 15.4. The molecular formula is C61H95N3O5S. The highest BCUT2D eigenvalue weighted by molar-refractivity contribution is 7.22. The van der Waals surface area contributed by atoms with Gasteiger partial charge in [-0.05, 0) is 155 Å². The van der Waals surface area contributed by atoms with E-state index in [2.05, 4.69) is 75.1 Å². The molecule has 8 nitrogen and oxygen atoms in total. The van der Waals surface area contributed by atoms with E-state index in [1.54, 1.807) is 30.4 Å². The first-order valence-corrected chi connectivity index (χ1v) is 25.7. The summed E-state index contributed by atoms with van der Waals surface area (Å²) in [7, 11) is 3.57. The van der Waals surface area contributed by atoms with Crippen molar-refractivity contribution in [3.05, 3.63) is 113 Å². The zero-order valence-corrected chi connectivity index (χ0v) is 42.7. The summed E-state index contributed by atoms with van der Waals surface area (Å²) < 4.78 is 18.4. The molecule has 2 aliphatic rings. The molecular weight excluding hydrogens is 887 g/mol. The average Bonchev–Trinajstić information content (AvgIpc) is 3.80. The quantitative estimate of drug-likeness (QED) is 0.0421. The summed E-state index contributed by atoms with van der Waals surface area (Å²) >= 11 is 1.61. The highest BCUT2D eigenvalue weighted by Crippen LogP contribution is 2.34. The molecule has 2 fully saturated rings. The molecule has 2 saturated carbocycles. The Labute approximate surface area is 431 Å². The molecule has 0 bridgehead atoms. The third-order valence-corrected chi connectivity index (χ3v) is 13.8. The van der Waals surface area contributed by atoms with Gasteiger partial charge in [0.2, 0.25) is 5.13 Å². The van der Waals surface area contributed by atoms with Crippen LogP contribution in [0.3, 0.4) is 0 Å². The lowest BCUT2D eigenvalue weighted by Gasteiger charge is -2.27. The third kappa shape index (κ3) is 20.8. The van der Waals surface area contributed by atoms with Crippen LogP contribution >= 0.6 is 11.3 Å². The second-order valence-corrected chi connectivity index (χ2v) is 18.5. The van der Waals surface area contributed by atoms with Crippen LogP contribution in [0.2, 0.25) is 0 Å². The number of hydrogen-bond acceptors (Lipinski definition) is 9. The van der Waals surface area contributed by atoms with Gasteiger partial charge in [0.1, 0.15) is 23.0 Å². The topological polar surface area (TPSA) is 90.3 Å². The summed E-state index contributed by atoms with van der Waals surface area (Å²) in [6.45, 7) is 17.1. The van der Waals surface area contributed by atoms with Crippen molar-refractivity contribution in [2.24, 2.45) is 28.8 Å². The fourth-order valence-corrected chi connectivity index (χ4v) is 9.46. The summed E-state index contributed by atoms with van der Waals surface area (Å²) in [5, 5.41) is 7.41. The summed E-state index contributed by atoms with van der Waals surface area (Å²) in [5.74, 6) is 4.17. The molecule has 0 radical (unpaired) electrons. The van der Waals surface area contributed by atoms with Gasteiger partial charge in [0.15, 0.2) is 0 Å². The van der Waals surface area contributed by atoms with Crippen LogP contribution in [0, 0.1) is 23.7 Å². The molecule has 5 aromatic rings. The lowest BCUT2D eigenvalue weighted by atomic mass is 9.81. The highest BCUT2D eigenvalue weighted by Gasteiger charge is 2.27. The molecule has 4 aromatic carbocycles. The SMILES string of the molecule is C.C.C.C.CC.CCCc1ccc(CC)cc1.CCCc1ccc(OC(=O)C2CCC(CC)CC2)cc1.COc1ccc(OCC2CCC(C(C)=O)CC2)cc1/C(C)=N/N(C)c1nc2ccccc2s1. The van der Waals surface area contributed by atoms with E-state index in [0.717, 1.165) is 102 Å². The van der Waals surface area contributed by atoms with E-state index in [1.807, 2.05) is 76.3 Å². The predicted octanol–water partition coefficient (Wildman–Crippen LogP) is 17.5. The summed E-state index contributed by atoms with van der Waals surface area (Å²) in [6, 6.07) is 30.8. The van der Waals surface area contributed by atoms with Gasteiger partial charge in [0.25, 0.3) is 0 Å². The largest absolute Gasteiger partial charge is 0.496 e. The van der Waals surface area contributed by atoms with Crippen molar-refractivity contribution in [2.75, 3.05) is 25.8 Å². The summed E-state index contributed by atoms with van der Waals surface area (Å²) in [5.41, 5.74) is 6.89. The number of carbonyl (C=O) groups excluding carboxylic acids is 2. The molecule has 2 aliphatic carbocycles. The molecule has 0 saturated heterocycles. The van der Waals surface area contributed by atoms with Gasteiger partial charge >= 0.3 is 5.97 Å². The number of aryl methyl sites for hydroxylation is 3. The summed E-state index contributed by atoms with van der Waals surface area (Å²) in [4.78, 5) is 28.4. The van der Waals surface area contributed by atoms with Crippen LogP contribution in [0.4, 0.5) is 5.13 Å². The van der Waals surface area contributed by atoms with E-state index >= 15 is 0 Å². The lowest BCUT2D eigenvalue weighted by Crippen LogP contribution is -2.25. The normalized spacial score (nSPS) is 17.0. The number of fused-ring (bicyclic) bond motifs is 1. The second kappa shape index (κ2) is 35.1. The molecule has 0 spiro atoms. The van der Waals surface area contributed by atoms with Gasteiger partial charge in [-0.3, -0.25) is 9.59 Å². The number of carbonyl (C=O) groups is 2. The fourth-order valence-electron chi connectivity index (χ4n) is 8.58. The van der Waals surface area contributed by atoms with Crippen LogP contribution in [0.5, 0.6) is 17.2 Å². The van der Waals surface area contributed by atoms with Crippen LogP contribution in [0.15, 0.2) is 96.1 Å². The average molecular weight is 983 g/mol. The maximum atomic E-state index is 12.2. The molecule has 1 aromatic heterocycles. The van der Waals surface area contributed by atoms with Crippen molar-refractivity contribution in [3.8, 4) is 17.2 Å². The van der Waals surface area contributed by atoms with Crippen molar-refractivity contribution in [2.45, 2.75) is 175 Å². The Morgan fingerprint density at radius 1 is 0.686 bits per heavy atom. The van der Waals surface area contributed by atoms with E-state index in [4.69, 9.17) is 19.3 Å². The number of benzene rings is 4. The Bertz CT molecular complexity index is 2170. The maximum absolute atomic E-state index is 12.2. The number of nitrogens with zero attached hydrogens (tertiary/aromatic N) is 3. The smallest absolute Gasteiger partial charge is 0.314 e. The Hall–Kier alpha value is -5.02. The Morgan fingerprint density at radius 2 is 1.21 bits per heavy atom. The van der Waals surface area contributed by atoms with E-state index in [1.165, 1.54) is 48.8 Å². The Morgan fingerprint density at radius 3 is 1.74 bits per heavy atom. The molecule has 390 valence electrons. The van der Waals surface area contributed by atoms with Crippen LogP contribution in [0.25, 0.3) is 10.2 Å². The van der Waals surface area contributed by atoms with Crippen LogP contribution in [0.1, 0.15) is 178 Å². The molecule has 1 heterocycles.